The van der Waals surface area contributed by atoms with Crippen LogP contribution in [0.4, 0.5) is 4.39 Å². The second-order valence-electron chi connectivity index (χ2n) is 6.92. The Labute approximate surface area is 170 Å². The van der Waals surface area contributed by atoms with Crippen molar-refractivity contribution < 1.29 is 14.2 Å². The number of benzene rings is 2. The third-order valence-electron chi connectivity index (χ3n) is 4.47. The number of rotatable bonds is 9. The molecule has 0 fully saturated rings. The average molecular weight is 392 g/mol. The summed E-state index contributed by atoms with van der Waals surface area (Å²) < 4.78 is 20.0. The molecule has 1 heterocycles. The molecule has 1 N–H and O–H groups in total. The van der Waals surface area contributed by atoms with Gasteiger partial charge in [-0.3, -0.25) is 4.98 Å². The fraction of sp³-hybridized carbons (Fsp3) is 0.250. The highest BCUT2D eigenvalue weighted by atomic mass is 19.1. The molecule has 2 aromatic carbocycles. The van der Waals surface area contributed by atoms with E-state index in [1.165, 1.54) is 6.07 Å². The molecular formula is C24H25FN2O2. The number of allylic oxidation sites excluding steroid dienone is 1. The van der Waals surface area contributed by atoms with Crippen molar-refractivity contribution in [2.24, 2.45) is 0 Å². The summed E-state index contributed by atoms with van der Waals surface area (Å²) in [7, 11) is 0. The van der Waals surface area contributed by atoms with Crippen LogP contribution < -0.4 is 4.74 Å². The van der Waals surface area contributed by atoms with Crippen molar-refractivity contribution in [3.63, 3.8) is 0 Å². The van der Waals surface area contributed by atoms with Crippen LogP contribution in [0.15, 0.2) is 61.3 Å². The van der Waals surface area contributed by atoms with Gasteiger partial charge in [-0.2, -0.15) is 0 Å². The zero-order valence-electron chi connectivity index (χ0n) is 16.5. The van der Waals surface area contributed by atoms with Gasteiger partial charge in [-0.15, -0.1) is 0 Å². The Hall–Kier alpha value is -3.05. The lowest BCUT2D eigenvalue weighted by atomic mass is 10.1. The lowest BCUT2D eigenvalue weighted by Gasteiger charge is -2.07. The third-order valence-corrected chi connectivity index (χ3v) is 4.47. The molecular weight excluding hydrogens is 367 g/mol. The second-order valence-corrected chi connectivity index (χ2v) is 6.92. The molecule has 1 atom stereocenters. The Morgan fingerprint density at radius 3 is 2.83 bits per heavy atom. The predicted molar refractivity (Wildman–Crippen MR) is 115 cm³/mol. The van der Waals surface area contributed by atoms with Crippen LogP contribution in [0.2, 0.25) is 0 Å². The molecule has 0 saturated carbocycles. The molecule has 3 rings (SSSR count). The van der Waals surface area contributed by atoms with E-state index in [1.807, 2.05) is 30.3 Å². The molecule has 0 saturated heterocycles. The monoisotopic (exact) mass is 392 g/mol. The minimum atomic E-state index is -0.302. The molecule has 150 valence electrons. The third kappa shape index (κ3) is 5.72. The van der Waals surface area contributed by atoms with Crippen LogP contribution in [-0.4, -0.2) is 27.8 Å². The summed E-state index contributed by atoms with van der Waals surface area (Å²) in [5, 5.41) is 9.26. The van der Waals surface area contributed by atoms with E-state index < -0.39 is 0 Å². The van der Waals surface area contributed by atoms with Crippen LogP contribution in [-0.2, 0) is 0 Å². The smallest absolute Gasteiger partial charge is 0.131 e. The Morgan fingerprint density at radius 1 is 1.21 bits per heavy atom. The molecule has 0 aliphatic heterocycles. The van der Waals surface area contributed by atoms with Gasteiger partial charge in [0.2, 0.25) is 0 Å². The molecule has 1 aromatic heterocycles. The largest absolute Gasteiger partial charge is 0.489 e. The van der Waals surface area contributed by atoms with E-state index in [0.717, 1.165) is 24.8 Å². The molecule has 0 radical (unpaired) electrons. The van der Waals surface area contributed by atoms with Gasteiger partial charge in [0.15, 0.2) is 0 Å². The van der Waals surface area contributed by atoms with E-state index in [1.54, 1.807) is 31.3 Å². The van der Waals surface area contributed by atoms with Crippen LogP contribution in [0.25, 0.3) is 28.4 Å². The maximum absolute atomic E-state index is 14.5. The standard InChI is InChI=1S/C24H25FN2O2/c1-3-13-29-20-11-12-22-23(15-20)26-16-24(27-22)19-10-9-18(21(25)14-19)8-6-4-5-7-17(2)28/h3,6,8-12,14-17,28H,1,4-5,7,13H2,2H3. The minimum absolute atomic E-state index is 0.297. The van der Waals surface area contributed by atoms with Crippen molar-refractivity contribution in [1.29, 1.82) is 0 Å². The zero-order valence-corrected chi connectivity index (χ0v) is 16.5. The number of aromatic nitrogens is 2. The first kappa shape index (κ1) is 20.7. The maximum Gasteiger partial charge on any atom is 0.131 e. The van der Waals surface area contributed by atoms with E-state index in [0.29, 0.717) is 34.7 Å². The molecule has 0 aliphatic rings. The maximum atomic E-state index is 14.5. The van der Waals surface area contributed by atoms with Gasteiger partial charge >= 0.3 is 0 Å². The molecule has 0 spiro atoms. The summed E-state index contributed by atoms with van der Waals surface area (Å²) in [4.78, 5) is 9.03. The highest BCUT2D eigenvalue weighted by molar-refractivity contribution is 5.78. The zero-order chi connectivity index (χ0) is 20.6. The molecule has 4 nitrogen and oxygen atoms in total. The van der Waals surface area contributed by atoms with Crippen molar-refractivity contribution in [3.8, 4) is 17.0 Å². The summed E-state index contributed by atoms with van der Waals surface area (Å²) in [5.74, 6) is 0.402. The SMILES string of the molecule is C=CCOc1ccc2nc(-c3ccc(C=CCCCC(C)O)c(F)c3)cnc2c1. The van der Waals surface area contributed by atoms with Crippen LogP contribution in [0.1, 0.15) is 31.7 Å². The number of unbranched alkanes of at least 4 members (excludes halogenated alkanes) is 1. The molecule has 1 unspecified atom stereocenters. The molecule has 29 heavy (non-hydrogen) atoms. The summed E-state index contributed by atoms with van der Waals surface area (Å²) in [5.41, 5.74) is 3.26. The fourth-order valence-corrected chi connectivity index (χ4v) is 2.94. The highest BCUT2D eigenvalue weighted by Gasteiger charge is 2.07. The Kier molecular flexibility index (Phi) is 7.09. The number of hydrogen-bond acceptors (Lipinski definition) is 4. The number of aliphatic hydroxyl groups excluding tert-OH is 1. The van der Waals surface area contributed by atoms with Gasteiger partial charge in [-0.05, 0) is 44.4 Å². The van der Waals surface area contributed by atoms with E-state index in [-0.39, 0.29) is 11.9 Å². The van der Waals surface area contributed by atoms with E-state index >= 15 is 0 Å². The Bertz CT molecular complexity index is 1010. The number of halogens is 1. The van der Waals surface area contributed by atoms with Gasteiger partial charge in [-0.25, -0.2) is 9.37 Å². The normalized spacial score (nSPS) is 12.4. The van der Waals surface area contributed by atoms with Crippen molar-refractivity contribution >= 4 is 17.1 Å². The number of aliphatic hydroxyl groups is 1. The van der Waals surface area contributed by atoms with Crippen molar-refractivity contribution in [2.75, 3.05) is 6.61 Å². The number of hydrogen-bond donors (Lipinski definition) is 1. The van der Waals surface area contributed by atoms with Gasteiger partial charge < -0.3 is 9.84 Å². The number of fused-ring (bicyclic) bond motifs is 1. The quantitative estimate of drug-likeness (QED) is 0.382. The Balaban J connectivity index is 1.74. The van der Waals surface area contributed by atoms with E-state index in [2.05, 4.69) is 16.5 Å². The molecule has 0 aliphatic carbocycles. The topological polar surface area (TPSA) is 55.2 Å². The number of ether oxygens (including phenoxy) is 1. The first-order chi connectivity index (χ1) is 14.1. The van der Waals surface area contributed by atoms with Crippen LogP contribution in [0.5, 0.6) is 5.75 Å². The summed E-state index contributed by atoms with van der Waals surface area (Å²) >= 11 is 0. The van der Waals surface area contributed by atoms with Gasteiger partial charge in [0.05, 0.1) is 29.0 Å². The van der Waals surface area contributed by atoms with Crippen molar-refractivity contribution in [2.45, 2.75) is 32.3 Å². The van der Waals surface area contributed by atoms with Crippen LogP contribution >= 0.6 is 0 Å². The second kappa shape index (κ2) is 9.94. The predicted octanol–water partition coefficient (Wildman–Crippen LogP) is 5.57. The van der Waals surface area contributed by atoms with Crippen LogP contribution in [0, 0.1) is 5.82 Å². The van der Waals surface area contributed by atoms with Crippen molar-refractivity contribution in [3.05, 3.63) is 72.7 Å². The molecule has 3 aromatic rings. The lowest BCUT2D eigenvalue weighted by molar-refractivity contribution is 0.182. The lowest BCUT2D eigenvalue weighted by Crippen LogP contribution is -1.97. The van der Waals surface area contributed by atoms with Gasteiger partial charge in [0, 0.05) is 17.2 Å². The van der Waals surface area contributed by atoms with Crippen LogP contribution in [0.3, 0.4) is 0 Å². The first-order valence-corrected chi connectivity index (χ1v) is 9.72. The fourth-order valence-electron chi connectivity index (χ4n) is 2.94. The summed E-state index contributed by atoms with van der Waals surface area (Å²) in [6.45, 7) is 5.83. The van der Waals surface area contributed by atoms with E-state index in [9.17, 15) is 9.50 Å². The van der Waals surface area contributed by atoms with Gasteiger partial charge in [0.25, 0.3) is 0 Å². The first-order valence-electron chi connectivity index (χ1n) is 9.72. The molecule has 0 bridgehead atoms. The summed E-state index contributed by atoms with van der Waals surface area (Å²) in [6.07, 6.45) is 9.16. The average Bonchev–Trinajstić information content (AvgIpc) is 2.72. The van der Waals surface area contributed by atoms with E-state index in [4.69, 9.17) is 4.74 Å². The molecule has 0 amide bonds. The van der Waals surface area contributed by atoms with Gasteiger partial charge in [-0.1, -0.05) is 36.9 Å². The van der Waals surface area contributed by atoms with Crippen molar-refractivity contribution in [1.82, 2.24) is 9.97 Å². The highest BCUT2D eigenvalue weighted by Crippen LogP contribution is 2.24. The summed E-state index contributed by atoms with van der Waals surface area (Å²) in [6, 6.07) is 10.6. The minimum Gasteiger partial charge on any atom is -0.489 e. The van der Waals surface area contributed by atoms with Gasteiger partial charge in [0.1, 0.15) is 18.2 Å². The molecule has 5 heteroatoms. The number of nitrogens with zero attached hydrogens (tertiary/aromatic N) is 2. The Morgan fingerprint density at radius 2 is 2.07 bits per heavy atom.